The normalized spacial score (nSPS) is 22.1. The van der Waals surface area contributed by atoms with Crippen LogP contribution >= 0.6 is 0 Å². The maximum absolute atomic E-state index is 6.05. The molecule has 2 unspecified atom stereocenters. The molecule has 114 valence electrons. The van der Waals surface area contributed by atoms with Crippen LogP contribution in [0.3, 0.4) is 0 Å². The summed E-state index contributed by atoms with van der Waals surface area (Å²) in [6.07, 6.45) is 3.29. The fourth-order valence-electron chi connectivity index (χ4n) is 2.97. The first-order chi connectivity index (χ1) is 9.80. The first kappa shape index (κ1) is 15.5. The number of rotatable bonds is 7. The molecule has 2 rings (SSSR count). The lowest BCUT2D eigenvalue weighted by Gasteiger charge is -2.37. The number of aromatic nitrogens is 2. The van der Waals surface area contributed by atoms with Crippen LogP contribution in [0.25, 0.3) is 0 Å². The van der Waals surface area contributed by atoms with E-state index in [2.05, 4.69) is 46.8 Å². The Kier molecular flexibility index (Phi) is 6.01. The lowest BCUT2D eigenvalue weighted by Crippen LogP contribution is -2.48. The second-order valence-corrected chi connectivity index (χ2v) is 5.32. The minimum absolute atomic E-state index is 0.206. The van der Waals surface area contributed by atoms with Gasteiger partial charge in [0, 0.05) is 25.8 Å². The predicted molar refractivity (Wildman–Crippen MR) is 80.8 cm³/mol. The Morgan fingerprint density at radius 1 is 1.45 bits per heavy atom. The highest BCUT2D eigenvalue weighted by Crippen LogP contribution is 2.22. The monoisotopic (exact) mass is 280 g/mol. The van der Waals surface area contributed by atoms with Gasteiger partial charge < -0.3 is 10.1 Å². The molecule has 0 radical (unpaired) electrons. The highest BCUT2D eigenvalue weighted by molar-refractivity contribution is 5.10. The van der Waals surface area contributed by atoms with Crippen LogP contribution in [0.5, 0.6) is 0 Å². The third-order valence-corrected chi connectivity index (χ3v) is 3.88. The number of nitrogens with one attached hydrogen (secondary N) is 1. The van der Waals surface area contributed by atoms with Crippen molar-refractivity contribution in [3.05, 3.63) is 18.0 Å². The second-order valence-electron chi connectivity index (χ2n) is 5.32. The van der Waals surface area contributed by atoms with Crippen molar-refractivity contribution < 1.29 is 4.74 Å². The molecule has 5 heteroatoms. The number of morpholine rings is 1. The average molecular weight is 280 g/mol. The lowest BCUT2D eigenvalue weighted by atomic mass is 10.0. The molecular formula is C15H28N4O. The quantitative estimate of drug-likeness (QED) is 0.825. The maximum Gasteiger partial charge on any atom is 0.0912 e. The highest BCUT2D eigenvalue weighted by atomic mass is 16.5. The lowest BCUT2D eigenvalue weighted by molar-refractivity contribution is -0.0481. The molecule has 0 spiro atoms. The number of nitrogens with zero attached hydrogens (tertiary/aromatic N) is 3. The molecule has 20 heavy (non-hydrogen) atoms. The molecule has 0 aliphatic carbocycles. The average Bonchev–Trinajstić information content (AvgIpc) is 2.93. The Morgan fingerprint density at radius 3 is 3.00 bits per heavy atom. The van der Waals surface area contributed by atoms with Crippen LogP contribution in [0.15, 0.2) is 12.3 Å². The molecule has 2 heterocycles. The van der Waals surface area contributed by atoms with E-state index >= 15 is 0 Å². The first-order valence-electron chi connectivity index (χ1n) is 7.89. The van der Waals surface area contributed by atoms with Crippen molar-refractivity contribution in [2.24, 2.45) is 0 Å². The van der Waals surface area contributed by atoms with Crippen LogP contribution in [-0.2, 0) is 11.3 Å². The molecule has 1 saturated heterocycles. The summed E-state index contributed by atoms with van der Waals surface area (Å²) < 4.78 is 8.11. The summed E-state index contributed by atoms with van der Waals surface area (Å²) in [7, 11) is 0. The van der Waals surface area contributed by atoms with Gasteiger partial charge >= 0.3 is 0 Å². The van der Waals surface area contributed by atoms with Gasteiger partial charge in [0.25, 0.3) is 0 Å². The Morgan fingerprint density at radius 2 is 2.30 bits per heavy atom. The topological polar surface area (TPSA) is 42.3 Å². The van der Waals surface area contributed by atoms with E-state index in [1.807, 2.05) is 6.20 Å². The minimum Gasteiger partial charge on any atom is -0.374 e. The number of likely N-dealkylation sites (N-methyl/N-ethyl adjacent to an activating group) is 1. The van der Waals surface area contributed by atoms with Crippen molar-refractivity contribution in [2.45, 2.75) is 45.9 Å². The van der Waals surface area contributed by atoms with E-state index in [0.29, 0.717) is 0 Å². The molecule has 0 amide bonds. The number of hydrogen-bond donors (Lipinski definition) is 1. The largest absolute Gasteiger partial charge is 0.374 e. The summed E-state index contributed by atoms with van der Waals surface area (Å²) in [6, 6.07) is 2.33. The molecule has 1 fully saturated rings. The van der Waals surface area contributed by atoms with Crippen LogP contribution < -0.4 is 5.32 Å². The number of hydrogen-bond acceptors (Lipinski definition) is 4. The van der Waals surface area contributed by atoms with Crippen molar-refractivity contribution in [3.63, 3.8) is 0 Å². The molecule has 0 aromatic carbocycles. The molecular weight excluding hydrogens is 252 g/mol. The van der Waals surface area contributed by atoms with E-state index in [1.54, 1.807) is 0 Å². The van der Waals surface area contributed by atoms with E-state index in [1.165, 1.54) is 12.1 Å². The third-order valence-electron chi connectivity index (χ3n) is 3.88. The van der Waals surface area contributed by atoms with Crippen molar-refractivity contribution in [2.75, 3.05) is 32.8 Å². The Labute approximate surface area is 122 Å². The van der Waals surface area contributed by atoms with Gasteiger partial charge in [-0.2, -0.15) is 5.10 Å². The zero-order valence-electron chi connectivity index (χ0n) is 13.0. The fraction of sp³-hybridized carbons (Fsp3) is 0.800. The summed E-state index contributed by atoms with van der Waals surface area (Å²) in [5.41, 5.74) is 1.23. The van der Waals surface area contributed by atoms with E-state index in [4.69, 9.17) is 4.74 Å². The molecule has 0 bridgehead atoms. The summed E-state index contributed by atoms with van der Waals surface area (Å²) in [4.78, 5) is 2.51. The van der Waals surface area contributed by atoms with Gasteiger partial charge in [0.05, 0.1) is 24.4 Å². The van der Waals surface area contributed by atoms with Gasteiger partial charge in [-0.15, -0.1) is 0 Å². The van der Waals surface area contributed by atoms with Crippen LogP contribution in [0.2, 0.25) is 0 Å². The summed E-state index contributed by atoms with van der Waals surface area (Å²) >= 11 is 0. The van der Waals surface area contributed by atoms with Gasteiger partial charge in [0.2, 0.25) is 0 Å². The summed E-state index contributed by atoms with van der Waals surface area (Å²) in [5.74, 6) is 0. The van der Waals surface area contributed by atoms with E-state index in [9.17, 15) is 0 Å². The zero-order chi connectivity index (χ0) is 14.4. The fourth-order valence-corrected chi connectivity index (χ4v) is 2.97. The Hall–Kier alpha value is -0.910. The smallest absolute Gasteiger partial charge is 0.0912 e. The molecule has 1 N–H and O–H groups in total. The maximum atomic E-state index is 6.05. The van der Waals surface area contributed by atoms with Crippen molar-refractivity contribution in [1.29, 1.82) is 0 Å². The van der Waals surface area contributed by atoms with Crippen molar-refractivity contribution in [3.8, 4) is 0 Å². The van der Waals surface area contributed by atoms with Crippen LogP contribution in [0.4, 0.5) is 0 Å². The highest BCUT2D eigenvalue weighted by Gasteiger charge is 2.30. The van der Waals surface area contributed by atoms with Gasteiger partial charge in [-0.1, -0.05) is 13.8 Å². The SMILES string of the molecule is CCCN1CCOC(C(NCC)c2ccnn2CC)C1. The Bertz CT molecular complexity index is 391. The first-order valence-corrected chi connectivity index (χ1v) is 7.89. The minimum atomic E-state index is 0.206. The van der Waals surface area contributed by atoms with Crippen LogP contribution in [0, 0.1) is 0 Å². The van der Waals surface area contributed by atoms with Gasteiger partial charge in [-0.3, -0.25) is 9.58 Å². The van der Waals surface area contributed by atoms with Crippen LogP contribution in [0.1, 0.15) is 38.9 Å². The summed E-state index contributed by atoms with van der Waals surface area (Å²) in [5, 5.41) is 7.98. The van der Waals surface area contributed by atoms with E-state index in [0.717, 1.165) is 39.3 Å². The predicted octanol–water partition coefficient (Wildman–Crippen LogP) is 1.66. The van der Waals surface area contributed by atoms with E-state index < -0.39 is 0 Å². The zero-order valence-corrected chi connectivity index (χ0v) is 13.0. The molecule has 1 aliphatic heterocycles. The summed E-state index contributed by atoms with van der Waals surface area (Å²) in [6.45, 7) is 12.4. The molecule has 2 atom stereocenters. The number of ether oxygens (including phenoxy) is 1. The Balaban J connectivity index is 2.11. The molecule has 1 aromatic heterocycles. The van der Waals surface area contributed by atoms with Gasteiger partial charge in [-0.25, -0.2) is 0 Å². The standard InChI is InChI=1S/C15H28N4O/c1-4-9-18-10-11-20-14(12-18)15(16-5-2)13-7-8-17-19(13)6-3/h7-8,14-16H,4-6,9-12H2,1-3H3. The number of aryl methyl sites for hydroxylation is 1. The molecule has 1 aliphatic rings. The van der Waals surface area contributed by atoms with Crippen molar-refractivity contribution >= 4 is 0 Å². The van der Waals surface area contributed by atoms with Gasteiger partial charge in [0.15, 0.2) is 0 Å². The third kappa shape index (κ3) is 3.59. The van der Waals surface area contributed by atoms with E-state index in [-0.39, 0.29) is 12.1 Å². The van der Waals surface area contributed by atoms with Gasteiger partial charge in [0.1, 0.15) is 0 Å². The van der Waals surface area contributed by atoms with Gasteiger partial charge in [-0.05, 0) is 32.5 Å². The molecule has 0 saturated carbocycles. The molecule has 1 aromatic rings. The second kappa shape index (κ2) is 7.76. The van der Waals surface area contributed by atoms with Crippen LogP contribution in [-0.4, -0.2) is 53.6 Å². The molecule has 5 nitrogen and oxygen atoms in total. The van der Waals surface area contributed by atoms with Crippen molar-refractivity contribution in [1.82, 2.24) is 20.0 Å².